The van der Waals surface area contributed by atoms with E-state index in [0.29, 0.717) is 0 Å². The van der Waals surface area contributed by atoms with E-state index in [4.69, 9.17) is 9.73 Å². The van der Waals surface area contributed by atoms with Gasteiger partial charge in [-0.3, -0.25) is 0 Å². The van der Waals surface area contributed by atoms with Gasteiger partial charge in [-0.1, -0.05) is 102 Å². The first kappa shape index (κ1) is 21.1. The van der Waals surface area contributed by atoms with E-state index in [9.17, 15) is 0 Å². The Morgan fingerprint density at radius 3 is 1.58 bits per heavy atom. The molecule has 4 rings (SSSR count). The Morgan fingerprint density at radius 1 is 0.613 bits per heavy atom. The molecule has 2 heteroatoms. The van der Waals surface area contributed by atoms with Gasteiger partial charge >= 0.3 is 0 Å². The molecule has 0 aromatic heterocycles. The number of allylic oxidation sites excluding steroid dienone is 7. The standard InChI is InChI=1S/C29H31NO/c1-28(2,3)25-17-22(18-26(31-25)29(4,5)6)24-19-23(20-13-9-7-10-14-20)27(30-24)21-15-11-8-12-16-21/h7-19H,1-6H3. The SMILES string of the molecule is CC(C)(C)C1=CC(=C2C=C(c3ccccc3)C(c3ccccc3)=N2)C=C(C(C)(C)C)O1. The zero-order valence-corrected chi connectivity index (χ0v) is 19.4. The summed E-state index contributed by atoms with van der Waals surface area (Å²) >= 11 is 0. The fourth-order valence-electron chi connectivity index (χ4n) is 3.61. The molecule has 0 saturated heterocycles. The maximum absolute atomic E-state index is 6.35. The molecule has 0 bridgehead atoms. The van der Waals surface area contributed by atoms with Gasteiger partial charge in [0.15, 0.2) is 0 Å². The van der Waals surface area contributed by atoms with Gasteiger partial charge in [-0.25, -0.2) is 4.99 Å². The van der Waals surface area contributed by atoms with Crippen LogP contribution >= 0.6 is 0 Å². The molecule has 2 aliphatic rings. The maximum Gasteiger partial charge on any atom is 0.110 e. The Morgan fingerprint density at radius 2 is 1.10 bits per heavy atom. The summed E-state index contributed by atoms with van der Waals surface area (Å²) in [5.41, 5.74) is 6.35. The van der Waals surface area contributed by atoms with E-state index in [-0.39, 0.29) is 10.8 Å². The quantitative estimate of drug-likeness (QED) is 0.497. The van der Waals surface area contributed by atoms with Crippen LogP contribution in [0.15, 0.2) is 107 Å². The predicted octanol–water partition coefficient (Wildman–Crippen LogP) is 7.72. The lowest BCUT2D eigenvalue weighted by molar-refractivity contribution is 0.161. The molecule has 2 aromatic rings. The number of hydrogen-bond acceptors (Lipinski definition) is 2. The van der Waals surface area contributed by atoms with E-state index in [1.807, 2.05) is 12.1 Å². The van der Waals surface area contributed by atoms with Gasteiger partial charge in [0.1, 0.15) is 11.5 Å². The summed E-state index contributed by atoms with van der Waals surface area (Å²) in [5.74, 6) is 1.95. The molecular formula is C29H31NO. The second-order valence-electron chi connectivity index (χ2n) is 10.2. The molecule has 0 amide bonds. The smallest absolute Gasteiger partial charge is 0.110 e. The van der Waals surface area contributed by atoms with Gasteiger partial charge < -0.3 is 4.74 Å². The number of ether oxygens (including phenoxy) is 1. The molecule has 0 atom stereocenters. The highest BCUT2D eigenvalue weighted by molar-refractivity contribution is 6.34. The summed E-state index contributed by atoms with van der Waals surface area (Å²) in [5, 5.41) is 0. The molecule has 2 aliphatic heterocycles. The Kier molecular flexibility index (Phi) is 5.35. The molecule has 2 heterocycles. The number of aliphatic imine (C=N–C) groups is 1. The zero-order chi connectivity index (χ0) is 22.2. The summed E-state index contributed by atoms with van der Waals surface area (Å²) in [7, 11) is 0. The van der Waals surface area contributed by atoms with Crippen molar-refractivity contribution in [3.05, 3.63) is 113 Å². The third-order valence-corrected chi connectivity index (χ3v) is 5.47. The maximum atomic E-state index is 6.35. The molecule has 0 spiro atoms. The largest absolute Gasteiger partial charge is 0.465 e. The number of benzene rings is 2. The predicted molar refractivity (Wildman–Crippen MR) is 131 cm³/mol. The van der Waals surface area contributed by atoms with Crippen molar-refractivity contribution < 1.29 is 4.74 Å². The monoisotopic (exact) mass is 409 g/mol. The molecule has 0 saturated carbocycles. The van der Waals surface area contributed by atoms with Crippen molar-refractivity contribution in [1.29, 1.82) is 0 Å². The molecule has 0 aliphatic carbocycles. The lowest BCUT2D eigenvalue weighted by Crippen LogP contribution is -2.21. The van der Waals surface area contributed by atoms with Crippen LogP contribution in [0.2, 0.25) is 0 Å². The Balaban J connectivity index is 1.93. The summed E-state index contributed by atoms with van der Waals surface area (Å²) < 4.78 is 6.35. The van der Waals surface area contributed by atoms with E-state index in [2.05, 4.69) is 108 Å². The summed E-state index contributed by atoms with van der Waals surface area (Å²) in [4.78, 5) is 5.13. The minimum Gasteiger partial charge on any atom is -0.465 e. The molecule has 0 N–H and O–H groups in total. The van der Waals surface area contributed by atoms with Gasteiger partial charge in [-0.05, 0) is 23.8 Å². The van der Waals surface area contributed by atoms with Crippen molar-refractivity contribution >= 4 is 11.3 Å². The Hall–Kier alpha value is -3.13. The lowest BCUT2D eigenvalue weighted by Gasteiger charge is -2.32. The van der Waals surface area contributed by atoms with Crippen LogP contribution in [0.1, 0.15) is 52.7 Å². The Labute approximate surface area is 186 Å². The molecule has 31 heavy (non-hydrogen) atoms. The first-order valence-electron chi connectivity index (χ1n) is 10.9. The van der Waals surface area contributed by atoms with Gasteiger partial charge in [0.2, 0.25) is 0 Å². The normalized spacial score (nSPS) is 17.0. The zero-order valence-electron chi connectivity index (χ0n) is 19.4. The van der Waals surface area contributed by atoms with Gasteiger partial charge in [0.05, 0.1) is 11.4 Å². The minimum absolute atomic E-state index is 0.0902. The fraction of sp³-hybridized carbons (Fsp3) is 0.276. The van der Waals surface area contributed by atoms with Crippen LogP contribution in [0, 0.1) is 10.8 Å². The van der Waals surface area contributed by atoms with Crippen LogP contribution in [0.5, 0.6) is 0 Å². The van der Waals surface area contributed by atoms with E-state index < -0.39 is 0 Å². The molecule has 2 nitrogen and oxygen atoms in total. The fourth-order valence-corrected chi connectivity index (χ4v) is 3.61. The highest BCUT2D eigenvalue weighted by Gasteiger charge is 2.30. The molecule has 0 radical (unpaired) electrons. The van der Waals surface area contributed by atoms with Gasteiger partial charge in [-0.15, -0.1) is 0 Å². The first-order valence-corrected chi connectivity index (χ1v) is 10.9. The molecule has 2 aromatic carbocycles. The molecule has 0 fully saturated rings. The van der Waals surface area contributed by atoms with E-state index in [1.165, 1.54) is 5.56 Å². The van der Waals surface area contributed by atoms with Crippen LogP contribution < -0.4 is 0 Å². The van der Waals surface area contributed by atoms with Gasteiger partial charge in [0, 0.05) is 27.5 Å². The van der Waals surface area contributed by atoms with Crippen LogP contribution in [0.25, 0.3) is 5.57 Å². The second-order valence-corrected chi connectivity index (χ2v) is 10.2. The van der Waals surface area contributed by atoms with E-state index in [1.54, 1.807) is 0 Å². The topological polar surface area (TPSA) is 21.6 Å². The van der Waals surface area contributed by atoms with Crippen LogP contribution in [-0.4, -0.2) is 5.71 Å². The minimum atomic E-state index is -0.0902. The van der Waals surface area contributed by atoms with Crippen LogP contribution in [0.3, 0.4) is 0 Å². The third kappa shape index (κ3) is 4.49. The summed E-state index contributed by atoms with van der Waals surface area (Å²) in [6, 6.07) is 20.9. The van der Waals surface area contributed by atoms with Crippen molar-refractivity contribution in [2.24, 2.45) is 15.8 Å². The van der Waals surface area contributed by atoms with Crippen molar-refractivity contribution in [2.45, 2.75) is 41.5 Å². The second kappa shape index (κ2) is 7.85. The van der Waals surface area contributed by atoms with Crippen LogP contribution in [-0.2, 0) is 4.74 Å². The van der Waals surface area contributed by atoms with Crippen molar-refractivity contribution in [3.63, 3.8) is 0 Å². The van der Waals surface area contributed by atoms with Crippen LogP contribution in [0.4, 0.5) is 0 Å². The highest BCUT2D eigenvalue weighted by atomic mass is 16.5. The third-order valence-electron chi connectivity index (χ3n) is 5.47. The number of hydrogen-bond donors (Lipinski definition) is 0. The average molecular weight is 410 g/mol. The molecular weight excluding hydrogens is 378 g/mol. The Bertz CT molecular complexity index is 1040. The number of rotatable bonds is 2. The summed E-state index contributed by atoms with van der Waals surface area (Å²) in [6.07, 6.45) is 6.52. The van der Waals surface area contributed by atoms with Crippen molar-refractivity contribution in [1.82, 2.24) is 0 Å². The average Bonchev–Trinajstić information content (AvgIpc) is 3.19. The molecule has 0 unspecified atom stereocenters. The highest BCUT2D eigenvalue weighted by Crippen LogP contribution is 2.41. The van der Waals surface area contributed by atoms with Gasteiger partial charge in [-0.2, -0.15) is 0 Å². The van der Waals surface area contributed by atoms with E-state index >= 15 is 0 Å². The van der Waals surface area contributed by atoms with Gasteiger partial charge in [0.25, 0.3) is 0 Å². The number of nitrogens with zero attached hydrogens (tertiary/aromatic N) is 1. The van der Waals surface area contributed by atoms with Crippen molar-refractivity contribution in [2.75, 3.05) is 0 Å². The first-order chi connectivity index (χ1) is 14.6. The molecule has 158 valence electrons. The lowest BCUT2D eigenvalue weighted by atomic mass is 9.86. The van der Waals surface area contributed by atoms with E-state index in [0.717, 1.165) is 39.6 Å². The van der Waals surface area contributed by atoms with Crippen molar-refractivity contribution in [3.8, 4) is 0 Å². The summed E-state index contributed by atoms with van der Waals surface area (Å²) in [6.45, 7) is 13.1.